The molecule has 0 spiro atoms. The number of carbonyl (C=O) groups is 2. The van der Waals surface area contributed by atoms with Crippen molar-refractivity contribution in [1.82, 2.24) is 4.90 Å². The molecule has 0 aromatic heterocycles. The topological polar surface area (TPSA) is 37.4 Å². The fourth-order valence-electron chi connectivity index (χ4n) is 2.20. The van der Waals surface area contributed by atoms with E-state index in [1.165, 1.54) is 4.90 Å². The number of thioether (sulfide) groups is 1. The lowest BCUT2D eigenvalue weighted by Gasteiger charge is -2.12. The Morgan fingerprint density at radius 2 is 1.91 bits per heavy atom. The lowest BCUT2D eigenvalue weighted by molar-refractivity contribution is -0.123. The van der Waals surface area contributed by atoms with Crippen LogP contribution in [0.25, 0.3) is 6.08 Å². The largest absolute Gasteiger partial charge is 0.293 e. The summed E-state index contributed by atoms with van der Waals surface area (Å²) in [5.41, 5.74) is 1.69. The Hall–Kier alpha value is -1.56. The summed E-state index contributed by atoms with van der Waals surface area (Å²) >= 11 is 10.3. The van der Waals surface area contributed by atoms with E-state index < -0.39 is 0 Å². The fourth-order valence-corrected chi connectivity index (χ4v) is 3.67. The molecule has 0 radical (unpaired) electrons. The van der Waals surface area contributed by atoms with Crippen molar-refractivity contribution < 1.29 is 9.59 Å². The Kier molecular flexibility index (Phi) is 4.90. The molecule has 0 N–H and O–H groups in total. The van der Waals surface area contributed by atoms with Crippen LogP contribution in [-0.4, -0.2) is 16.0 Å². The van der Waals surface area contributed by atoms with Crippen LogP contribution < -0.4 is 0 Å². The molecule has 0 bridgehead atoms. The summed E-state index contributed by atoms with van der Waals surface area (Å²) in [7, 11) is 0. The first-order valence-electron chi connectivity index (χ1n) is 6.78. The van der Waals surface area contributed by atoms with Gasteiger partial charge < -0.3 is 0 Å². The van der Waals surface area contributed by atoms with Crippen molar-refractivity contribution >= 4 is 56.5 Å². The van der Waals surface area contributed by atoms with E-state index in [2.05, 4.69) is 15.9 Å². The molecule has 0 saturated carbocycles. The van der Waals surface area contributed by atoms with E-state index in [0.717, 1.165) is 27.4 Å². The molecule has 0 aliphatic carbocycles. The number of carbonyl (C=O) groups excluding carboxylic acids is 2. The quantitative estimate of drug-likeness (QED) is 0.643. The zero-order valence-electron chi connectivity index (χ0n) is 11.8. The second-order valence-corrected chi connectivity index (χ2v) is 7.30. The van der Waals surface area contributed by atoms with Gasteiger partial charge in [0.2, 0.25) is 0 Å². The summed E-state index contributed by atoms with van der Waals surface area (Å²) < 4.78 is 0.921. The summed E-state index contributed by atoms with van der Waals surface area (Å²) in [6, 6.07) is 14.7. The number of halogens is 2. The SMILES string of the molecule is O=C1S/C(=C\c2cccc(Br)c2)C(=O)N1Cc1cccc(Cl)c1. The van der Waals surface area contributed by atoms with E-state index in [9.17, 15) is 9.59 Å². The zero-order valence-corrected chi connectivity index (χ0v) is 15.0. The van der Waals surface area contributed by atoms with E-state index in [1.807, 2.05) is 30.3 Å². The summed E-state index contributed by atoms with van der Waals surface area (Å²) in [6.45, 7) is 0.223. The van der Waals surface area contributed by atoms with Crippen molar-refractivity contribution in [1.29, 1.82) is 0 Å². The standard InChI is InChI=1S/C17H11BrClNO2S/c18-13-5-1-3-11(7-13)9-15-16(21)20(17(22)23-15)10-12-4-2-6-14(19)8-12/h1-9H,10H2/b15-9-. The molecule has 3 rings (SSSR count). The van der Waals surface area contributed by atoms with Gasteiger partial charge in [-0.3, -0.25) is 14.5 Å². The third kappa shape index (κ3) is 3.86. The highest BCUT2D eigenvalue weighted by molar-refractivity contribution is 9.10. The molecular weight excluding hydrogens is 398 g/mol. The van der Waals surface area contributed by atoms with Gasteiger partial charge in [0.25, 0.3) is 11.1 Å². The number of rotatable bonds is 3. The van der Waals surface area contributed by atoms with Gasteiger partial charge in [0, 0.05) is 9.50 Å². The van der Waals surface area contributed by atoms with Gasteiger partial charge in [-0.05, 0) is 53.2 Å². The molecule has 0 atom stereocenters. The minimum Gasteiger partial charge on any atom is -0.268 e. The van der Waals surface area contributed by atoms with Crippen molar-refractivity contribution in [2.45, 2.75) is 6.54 Å². The lowest BCUT2D eigenvalue weighted by atomic mass is 10.2. The maximum absolute atomic E-state index is 12.5. The van der Waals surface area contributed by atoms with E-state index >= 15 is 0 Å². The van der Waals surface area contributed by atoms with Crippen LogP contribution in [0.1, 0.15) is 11.1 Å². The Bertz CT molecular complexity index is 822. The van der Waals surface area contributed by atoms with Crippen LogP contribution >= 0.6 is 39.3 Å². The normalized spacial score (nSPS) is 16.4. The highest BCUT2D eigenvalue weighted by Crippen LogP contribution is 2.33. The van der Waals surface area contributed by atoms with Gasteiger partial charge in [0.1, 0.15) is 0 Å². The second-order valence-electron chi connectivity index (χ2n) is 4.95. The number of nitrogens with zero attached hydrogens (tertiary/aromatic N) is 1. The minimum atomic E-state index is -0.278. The first-order chi connectivity index (χ1) is 11.0. The van der Waals surface area contributed by atoms with E-state index in [1.54, 1.807) is 24.3 Å². The maximum atomic E-state index is 12.5. The fraction of sp³-hybridized carbons (Fsp3) is 0.0588. The van der Waals surface area contributed by atoms with Crippen LogP contribution in [0.4, 0.5) is 4.79 Å². The molecule has 2 aromatic carbocycles. The summed E-state index contributed by atoms with van der Waals surface area (Å²) in [5, 5.41) is 0.315. The van der Waals surface area contributed by atoms with E-state index in [-0.39, 0.29) is 17.7 Å². The van der Waals surface area contributed by atoms with Gasteiger partial charge in [-0.2, -0.15) is 0 Å². The molecule has 6 heteroatoms. The highest BCUT2D eigenvalue weighted by atomic mass is 79.9. The van der Waals surface area contributed by atoms with Crippen LogP contribution in [0.3, 0.4) is 0 Å². The van der Waals surface area contributed by atoms with Crippen molar-refractivity contribution in [2.75, 3.05) is 0 Å². The predicted octanol–water partition coefficient (Wildman–Crippen LogP) is 5.34. The third-order valence-corrected chi connectivity index (χ3v) is 4.89. The van der Waals surface area contributed by atoms with Gasteiger partial charge in [-0.1, -0.05) is 51.8 Å². The molecule has 23 heavy (non-hydrogen) atoms. The Balaban J connectivity index is 1.82. The molecule has 116 valence electrons. The van der Waals surface area contributed by atoms with Crippen LogP contribution in [0, 0.1) is 0 Å². The van der Waals surface area contributed by atoms with Crippen molar-refractivity contribution in [2.24, 2.45) is 0 Å². The molecule has 1 aliphatic heterocycles. The molecule has 2 amide bonds. The molecule has 1 heterocycles. The number of hydrogen-bond donors (Lipinski definition) is 0. The predicted molar refractivity (Wildman–Crippen MR) is 97.1 cm³/mol. The van der Waals surface area contributed by atoms with E-state index in [0.29, 0.717) is 9.93 Å². The van der Waals surface area contributed by atoms with Crippen molar-refractivity contribution in [3.05, 3.63) is 74.1 Å². The van der Waals surface area contributed by atoms with Crippen molar-refractivity contribution in [3.8, 4) is 0 Å². The van der Waals surface area contributed by atoms with Gasteiger partial charge in [-0.25, -0.2) is 0 Å². The minimum absolute atomic E-state index is 0.223. The molecular formula is C17H11BrClNO2S. The Labute approximate surface area is 151 Å². The average Bonchev–Trinajstić information content (AvgIpc) is 2.75. The average molecular weight is 409 g/mol. The second kappa shape index (κ2) is 6.91. The van der Waals surface area contributed by atoms with Gasteiger partial charge in [0.15, 0.2) is 0 Å². The molecule has 0 unspecified atom stereocenters. The lowest BCUT2D eigenvalue weighted by Crippen LogP contribution is -2.27. The molecule has 3 nitrogen and oxygen atoms in total. The van der Waals surface area contributed by atoms with Crippen LogP contribution in [0.15, 0.2) is 57.9 Å². The van der Waals surface area contributed by atoms with Crippen molar-refractivity contribution in [3.63, 3.8) is 0 Å². The summed E-state index contributed by atoms with van der Waals surface area (Å²) in [5.74, 6) is -0.278. The number of imide groups is 1. The molecule has 1 fully saturated rings. The van der Waals surface area contributed by atoms with Gasteiger partial charge >= 0.3 is 0 Å². The summed E-state index contributed by atoms with van der Waals surface area (Å²) in [6.07, 6.45) is 1.73. The van der Waals surface area contributed by atoms with Crippen LogP contribution in [0.2, 0.25) is 5.02 Å². The summed E-state index contributed by atoms with van der Waals surface area (Å²) in [4.78, 5) is 26.3. The monoisotopic (exact) mass is 407 g/mol. The van der Waals surface area contributed by atoms with E-state index in [4.69, 9.17) is 11.6 Å². The van der Waals surface area contributed by atoms with Crippen LogP contribution in [-0.2, 0) is 11.3 Å². The number of hydrogen-bond acceptors (Lipinski definition) is 3. The zero-order chi connectivity index (χ0) is 16.4. The number of amides is 2. The Morgan fingerprint density at radius 1 is 1.13 bits per heavy atom. The third-order valence-electron chi connectivity index (χ3n) is 3.25. The number of benzene rings is 2. The maximum Gasteiger partial charge on any atom is 0.293 e. The molecule has 1 saturated heterocycles. The van der Waals surface area contributed by atoms with Gasteiger partial charge in [-0.15, -0.1) is 0 Å². The van der Waals surface area contributed by atoms with Gasteiger partial charge in [0.05, 0.1) is 11.4 Å². The first kappa shape index (κ1) is 16.3. The molecule has 1 aliphatic rings. The first-order valence-corrected chi connectivity index (χ1v) is 8.77. The Morgan fingerprint density at radius 3 is 2.65 bits per heavy atom. The highest BCUT2D eigenvalue weighted by Gasteiger charge is 2.34. The van der Waals surface area contributed by atoms with Crippen LogP contribution in [0.5, 0.6) is 0 Å². The molecule has 2 aromatic rings. The smallest absolute Gasteiger partial charge is 0.268 e.